The molecule has 0 spiro atoms. The van der Waals surface area contributed by atoms with E-state index in [0.29, 0.717) is 5.88 Å². The maximum absolute atomic E-state index is 5.53. The molecule has 1 N–H and O–H groups in total. The third-order valence-electron chi connectivity index (χ3n) is 3.68. The van der Waals surface area contributed by atoms with Gasteiger partial charge in [-0.1, -0.05) is 12.1 Å². The van der Waals surface area contributed by atoms with Crippen molar-refractivity contribution in [3.05, 3.63) is 53.2 Å². The third-order valence-corrected chi connectivity index (χ3v) is 3.68. The first kappa shape index (κ1) is 13.9. The number of aromatic nitrogens is 1. The van der Waals surface area contributed by atoms with Crippen LogP contribution >= 0.6 is 0 Å². The molecule has 1 aliphatic heterocycles. The number of pyridine rings is 1. The Balaban J connectivity index is 1.47. The first-order chi connectivity index (χ1) is 10.3. The molecule has 0 fully saturated rings. The van der Waals surface area contributed by atoms with Crippen LogP contribution < -0.4 is 14.8 Å². The van der Waals surface area contributed by atoms with Crippen molar-refractivity contribution in [3.63, 3.8) is 0 Å². The monoisotopic (exact) mass is 284 g/mol. The lowest BCUT2D eigenvalue weighted by atomic mass is 10.1. The summed E-state index contributed by atoms with van der Waals surface area (Å²) in [6, 6.07) is 10.5. The van der Waals surface area contributed by atoms with Gasteiger partial charge in [-0.25, -0.2) is 4.98 Å². The van der Waals surface area contributed by atoms with Gasteiger partial charge in [0.1, 0.15) is 5.75 Å². The van der Waals surface area contributed by atoms with Gasteiger partial charge < -0.3 is 14.8 Å². The second-order valence-electron chi connectivity index (χ2n) is 5.17. The van der Waals surface area contributed by atoms with Crippen LogP contribution in [0.1, 0.15) is 16.7 Å². The topological polar surface area (TPSA) is 43.4 Å². The molecule has 1 aromatic heterocycles. The number of benzene rings is 1. The zero-order chi connectivity index (χ0) is 14.5. The number of ether oxygens (including phenoxy) is 2. The summed E-state index contributed by atoms with van der Waals surface area (Å²) in [5.74, 6) is 1.71. The number of nitrogens with zero attached hydrogens (tertiary/aromatic N) is 1. The fraction of sp³-hybridized carbons (Fsp3) is 0.353. The largest absolute Gasteiger partial charge is 0.493 e. The van der Waals surface area contributed by atoms with Gasteiger partial charge in [-0.2, -0.15) is 0 Å². The molecule has 0 amide bonds. The average Bonchev–Trinajstić information content (AvgIpc) is 2.99. The quantitative estimate of drug-likeness (QED) is 0.827. The van der Waals surface area contributed by atoms with Gasteiger partial charge in [-0.05, 0) is 41.8 Å². The SMILES string of the molecule is COc1cc(CNCCc2ccc3c(c2)CCO3)ccn1. The molecule has 1 aromatic carbocycles. The third kappa shape index (κ3) is 3.52. The van der Waals surface area contributed by atoms with Gasteiger partial charge in [-0.15, -0.1) is 0 Å². The maximum Gasteiger partial charge on any atom is 0.213 e. The number of methoxy groups -OCH3 is 1. The fourth-order valence-electron chi connectivity index (χ4n) is 2.53. The van der Waals surface area contributed by atoms with Crippen molar-refractivity contribution in [2.75, 3.05) is 20.3 Å². The standard InChI is InChI=1S/C17H20N2O2/c1-20-17-11-14(5-8-19-17)12-18-7-4-13-2-3-16-15(10-13)6-9-21-16/h2-3,5,8,10-11,18H,4,6-7,9,12H2,1H3. The Hall–Kier alpha value is -2.07. The molecule has 2 aromatic rings. The molecule has 21 heavy (non-hydrogen) atoms. The highest BCUT2D eigenvalue weighted by Crippen LogP contribution is 2.25. The van der Waals surface area contributed by atoms with Gasteiger partial charge in [0.2, 0.25) is 5.88 Å². The van der Waals surface area contributed by atoms with Gasteiger partial charge in [0.05, 0.1) is 13.7 Å². The van der Waals surface area contributed by atoms with Crippen molar-refractivity contribution < 1.29 is 9.47 Å². The normalized spacial score (nSPS) is 12.8. The zero-order valence-electron chi connectivity index (χ0n) is 12.3. The minimum atomic E-state index is 0.660. The molecule has 0 bridgehead atoms. The molecule has 0 saturated carbocycles. The van der Waals surface area contributed by atoms with Crippen LogP contribution in [0.4, 0.5) is 0 Å². The number of nitrogens with one attached hydrogen (secondary N) is 1. The lowest BCUT2D eigenvalue weighted by Gasteiger charge is -2.07. The van der Waals surface area contributed by atoms with Crippen LogP contribution in [0.15, 0.2) is 36.5 Å². The van der Waals surface area contributed by atoms with Crippen LogP contribution in [0.25, 0.3) is 0 Å². The van der Waals surface area contributed by atoms with Crippen molar-refractivity contribution in [2.45, 2.75) is 19.4 Å². The second kappa shape index (κ2) is 6.59. The van der Waals surface area contributed by atoms with Crippen LogP contribution in [0.2, 0.25) is 0 Å². The molecule has 2 heterocycles. The highest BCUT2D eigenvalue weighted by Gasteiger charge is 2.11. The van der Waals surface area contributed by atoms with Gasteiger partial charge in [0.15, 0.2) is 0 Å². The predicted molar refractivity (Wildman–Crippen MR) is 81.8 cm³/mol. The van der Waals surface area contributed by atoms with Crippen LogP contribution in [-0.4, -0.2) is 25.2 Å². The second-order valence-corrected chi connectivity index (χ2v) is 5.17. The number of hydrogen-bond acceptors (Lipinski definition) is 4. The van der Waals surface area contributed by atoms with Gasteiger partial charge in [-0.3, -0.25) is 0 Å². The van der Waals surface area contributed by atoms with Crippen molar-refractivity contribution in [1.82, 2.24) is 10.3 Å². The van der Waals surface area contributed by atoms with E-state index in [1.165, 1.54) is 16.7 Å². The van der Waals surface area contributed by atoms with E-state index in [2.05, 4.69) is 28.5 Å². The minimum absolute atomic E-state index is 0.660. The summed E-state index contributed by atoms with van der Waals surface area (Å²) in [5, 5.41) is 3.45. The summed E-state index contributed by atoms with van der Waals surface area (Å²) in [5.41, 5.74) is 3.88. The van der Waals surface area contributed by atoms with E-state index in [9.17, 15) is 0 Å². The van der Waals surface area contributed by atoms with Gasteiger partial charge >= 0.3 is 0 Å². The molecule has 110 valence electrons. The summed E-state index contributed by atoms with van der Waals surface area (Å²) in [6.45, 7) is 2.60. The van der Waals surface area contributed by atoms with E-state index in [-0.39, 0.29) is 0 Å². The summed E-state index contributed by atoms with van der Waals surface area (Å²) in [4.78, 5) is 4.11. The maximum atomic E-state index is 5.53. The highest BCUT2D eigenvalue weighted by atomic mass is 16.5. The van der Waals surface area contributed by atoms with Crippen molar-refractivity contribution in [1.29, 1.82) is 0 Å². The van der Waals surface area contributed by atoms with Crippen molar-refractivity contribution in [2.24, 2.45) is 0 Å². The fourth-order valence-corrected chi connectivity index (χ4v) is 2.53. The molecule has 0 saturated heterocycles. The number of fused-ring (bicyclic) bond motifs is 1. The summed E-state index contributed by atoms with van der Waals surface area (Å²) in [7, 11) is 1.64. The molecular formula is C17H20N2O2. The molecule has 1 aliphatic rings. The van der Waals surface area contributed by atoms with Crippen LogP contribution in [0, 0.1) is 0 Å². The Morgan fingerprint density at radius 2 is 2.19 bits per heavy atom. The highest BCUT2D eigenvalue weighted by molar-refractivity contribution is 5.39. The van der Waals surface area contributed by atoms with E-state index in [0.717, 1.165) is 38.3 Å². The van der Waals surface area contributed by atoms with Crippen LogP contribution in [0.3, 0.4) is 0 Å². The predicted octanol–water partition coefficient (Wildman–Crippen LogP) is 2.36. The van der Waals surface area contributed by atoms with E-state index >= 15 is 0 Å². The zero-order valence-corrected chi connectivity index (χ0v) is 12.3. The Morgan fingerprint density at radius 1 is 1.24 bits per heavy atom. The molecule has 3 rings (SSSR count). The molecule has 0 atom stereocenters. The Kier molecular flexibility index (Phi) is 4.36. The van der Waals surface area contributed by atoms with Crippen LogP contribution in [0.5, 0.6) is 11.6 Å². The Labute approximate surface area is 125 Å². The number of rotatable bonds is 6. The van der Waals surface area contributed by atoms with Gasteiger partial charge in [0, 0.05) is 25.2 Å². The number of hydrogen-bond donors (Lipinski definition) is 1. The lowest BCUT2D eigenvalue weighted by Crippen LogP contribution is -2.16. The summed E-state index contributed by atoms with van der Waals surface area (Å²) in [6.07, 6.45) is 3.83. The average molecular weight is 284 g/mol. The Morgan fingerprint density at radius 3 is 3.10 bits per heavy atom. The molecule has 0 aliphatic carbocycles. The first-order valence-corrected chi connectivity index (χ1v) is 7.29. The van der Waals surface area contributed by atoms with Gasteiger partial charge in [0.25, 0.3) is 0 Å². The molecule has 4 heteroatoms. The van der Waals surface area contributed by atoms with E-state index in [1.54, 1.807) is 13.3 Å². The van der Waals surface area contributed by atoms with Crippen molar-refractivity contribution >= 4 is 0 Å². The molecule has 0 radical (unpaired) electrons. The molecule has 4 nitrogen and oxygen atoms in total. The first-order valence-electron chi connectivity index (χ1n) is 7.29. The molecule has 0 unspecified atom stereocenters. The van der Waals surface area contributed by atoms with E-state index in [4.69, 9.17) is 9.47 Å². The van der Waals surface area contributed by atoms with E-state index < -0.39 is 0 Å². The van der Waals surface area contributed by atoms with Crippen molar-refractivity contribution in [3.8, 4) is 11.6 Å². The Bertz CT molecular complexity index is 613. The summed E-state index contributed by atoms with van der Waals surface area (Å²) >= 11 is 0. The minimum Gasteiger partial charge on any atom is -0.493 e. The smallest absolute Gasteiger partial charge is 0.213 e. The lowest BCUT2D eigenvalue weighted by molar-refractivity contribution is 0.357. The summed E-state index contributed by atoms with van der Waals surface area (Å²) < 4.78 is 10.6. The van der Waals surface area contributed by atoms with E-state index in [1.807, 2.05) is 12.1 Å². The molecular weight excluding hydrogens is 264 g/mol. The van der Waals surface area contributed by atoms with Crippen LogP contribution in [-0.2, 0) is 19.4 Å².